The van der Waals surface area contributed by atoms with Gasteiger partial charge in [-0.15, -0.1) is 0 Å². The van der Waals surface area contributed by atoms with Crippen LogP contribution < -0.4 is 27.8 Å². The minimum absolute atomic E-state index is 0. The van der Waals surface area contributed by atoms with Crippen LogP contribution in [0.3, 0.4) is 0 Å². The molecular formula is C17H25ClN4O4S. The number of aromatic nitrogens is 1. The van der Waals surface area contributed by atoms with Gasteiger partial charge >= 0.3 is 6.09 Å². The molecule has 0 saturated carbocycles. The van der Waals surface area contributed by atoms with E-state index in [4.69, 9.17) is 4.74 Å². The summed E-state index contributed by atoms with van der Waals surface area (Å²) >= 11 is 4.38. The largest absolute Gasteiger partial charge is 1.00 e. The monoisotopic (exact) mass is 416 g/mol. The molecule has 0 radical (unpaired) electrons. The van der Waals surface area contributed by atoms with E-state index in [0.717, 1.165) is 0 Å². The summed E-state index contributed by atoms with van der Waals surface area (Å²) in [6.07, 6.45) is 3.71. The number of thiol groups is 1. The molecule has 1 aliphatic rings. The van der Waals surface area contributed by atoms with Crippen molar-refractivity contribution in [2.45, 2.75) is 50.3 Å². The number of rotatable bonds is 5. The highest BCUT2D eigenvalue weighted by molar-refractivity contribution is 7.81. The number of pyridine rings is 1. The zero-order chi connectivity index (χ0) is 19.4. The minimum atomic E-state index is -1.40. The standard InChI is InChI=1S/C17H24N4O4S.ClH/c1-16(2,3)25-15(24)21-10-13(26)9-17(21,12-22)19-18-14(23)11-20-7-5-4-6-8-20;/h4-8,12-13,19H,9-11H2,1-3H3,(H-,18,23,26);1H/t13-,17+;/m0./s1. The highest BCUT2D eigenvalue weighted by atomic mass is 35.5. The second kappa shape index (κ2) is 9.38. The average Bonchev–Trinajstić information content (AvgIpc) is 2.90. The van der Waals surface area contributed by atoms with Crippen LogP contribution in [0.4, 0.5) is 4.79 Å². The molecule has 2 heterocycles. The summed E-state index contributed by atoms with van der Waals surface area (Å²) in [5.41, 5.74) is 3.12. The SMILES string of the molecule is CC(C)(C)OC(=O)N1C[C@@H](S)C[C@@]1(C=O)NNC(=O)C[n+]1ccccc1.[Cl-]. The predicted octanol–water partition coefficient (Wildman–Crippen LogP) is -2.57. The number of carbonyl (C=O) groups is 3. The molecule has 2 rings (SSSR count). The molecule has 8 nitrogen and oxygen atoms in total. The summed E-state index contributed by atoms with van der Waals surface area (Å²) in [4.78, 5) is 37.7. The average molecular weight is 417 g/mol. The number of nitrogens with one attached hydrogen (secondary N) is 2. The van der Waals surface area contributed by atoms with Crippen molar-refractivity contribution in [2.75, 3.05) is 6.54 Å². The molecule has 0 aromatic carbocycles. The number of ether oxygens (including phenoxy) is 1. The normalized spacial score (nSPS) is 21.9. The van der Waals surface area contributed by atoms with Gasteiger partial charge < -0.3 is 17.1 Å². The highest BCUT2D eigenvalue weighted by Crippen LogP contribution is 2.29. The van der Waals surface area contributed by atoms with Crippen LogP contribution >= 0.6 is 12.6 Å². The Morgan fingerprint density at radius 3 is 2.52 bits per heavy atom. The Kier molecular flexibility index (Phi) is 8.06. The van der Waals surface area contributed by atoms with Crippen molar-refractivity contribution in [3.05, 3.63) is 30.6 Å². The first-order chi connectivity index (χ1) is 12.1. The summed E-state index contributed by atoms with van der Waals surface area (Å²) in [6, 6.07) is 5.46. The van der Waals surface area contributed by atoms with Crippen molar-refractivity contribution in [1.82, 2.24) is 15.8 Å². The van der Waals surface area contributed by atoms with Crippen LogP contribution in [0.1, 0.15) is 27.2 Å². The quantitative estimate of drug-likeness (QED) is 0.212. The number of amides is 2. The van der Waals surface area contributed by atoms with Gasteiger partial charge in [0.2, 0.25) is 6.54 Å². The van der Waals surface area contributed by atoms with Gasteiger partial charge in [0.15, 0.2) is 24.3 Å². The molecule has 2 amide bonds. The third kappa shape index (κ3) is 6.37. The van der Waals surface area contributed by atoms with E-state index in [-0.39, 0.29) is 43.1 Å². The van der Waals surface area contributed by atoms with E-state index in [9.17, 15) is 14.4 Å². The molecule has 0 aliphatic carbocycles. The van der Waals surface area contributed by atoms with E-state index in [0.29, 0.717) is 6.29 Å². The lowest BCUT2D eigenvalue weighted by atomic mass is 10.1. The first-order valence-electron chi connectivity index (χ1n) is 8.30. The number of nitrogens with zero attached hydrogens (tertiary/aromatic N) is 2. The van der Waals surface area contributed by atoms with Crippen LogP contribution in [0.25, 0.3) is 0 Å². The lowest BCUT2D eigenvalue weighted by Gasteiger charge is -2.35. The molecule has 2 N–H and O–H groups in total. The summed E-state index contributed by atoms with van der Waals surface area (Å²) in [5, 5.41) is -0.222. The van der Waals surface area contributed by atoms with E-state index in [1.807, 2.05) is 6.07 Å². The molecule has 0 spiro atoms. The van der Waals surface area contributed by atoms with Crippen LogP contribution in [0.5, 0.6) is 0 Å². The van der Waals surface area contributed by atoms with Crippen molar-refractivity contribution in [3.63, 3.8) is 0 Å². The first-order valence-corrected chi connectivity index (χ1v) is 8.82. The van der Waals surface area contributed by atoms with Crippen molar-refractivity contribution in [1.29, 1.82) is 0 Å². The maximum Gasteiger partial charge on any atom is 0.412 e. The molecule has 1 aromatic rings. The van der Waals surface area contributed by atoms with Gasteiger partial charge in [0.05, 0.1) is 0 Å². The topological polar surface area (TPSA) is 91.6 Å². The van der Waals surface area contributed by atoms with E-state index in [1.165, 1.54) is 4.90 Å². The van der Waals surface area contributed by atoms with Gasteiger partial charge in [0, 0.05) is 30.3 Å². The Labute approximate surface area is 170 Å². The summed E-state index contributed by atoms with van der Waals surface area (Å²) in [5.74, 6) is -0.353. The van der Waals surface area contributed by atoms with Crippen molar-refractivity contribution < 1.29 is 36.1 Å². The molecule has 27 heavy (non-hydrogen) atoms. The molecule has 1 aromatic heterocycles. The van der Waals surface area contributed by atoms with Crippen molar-refractivity contribution >= 4 is 30.9 Å². The van der Waals surface area contributed by atoms with Crippen molar-refractivity contribution in [2.24, 2.45) is 0 Å². The van der Waals surface area contributed by atoms with Gasteiger partial charge in [-0.05, 0) is 20.8 Å². The fourth-order valence-corrected chi connectivity index (χ4v) is 3.09. The van der Waals surface area contributed by atoms with Gasteiger partial charge in [0.25, 0.3) is 5.91 Å². The molecule has 0 unspecified atom stereocenters. The number of aldehydes is 1. The zero-order valence-electron chi connectivity index (χ0n) is 15.5. The lowest BCUT2D eigenvalue weighted by molar-refractivity contribution is -0.684. The fraction of sp³-hybridized carbons (Fsp3) is 0.529. The number of hydrazine groups is 1. The maximum atomic E-state index is 12.5. The first kappa shape index (κ1) is 23.2. The fourth-order valence-electron chi connectivity index (χ4n) is 2.64. The summed E-state index contributed by atoms with van der Waals surface area (Å²) < 4.78 is 7.05. The van der Waals surface area contributed by atoms with E-state index in [2.05, 4.69) is 23.5 Å². The summed E-state index contributed by atoms with van der Waals surface area (Å²) in [7, 11) is 0. The third-order valence-corrected chi connectivity index (χ3v) is 4.10. The number of likely N-dealkylation sites (tertiary alicyclic amines) is 1. The molecule has 1 saturated heterocycles. The van der Waals surface area contributed by atoms with Crippen LogP contribution in [0, 0.1) is 0 Å². The predicted molar refractivity (Wildman–Crippen MR) is 97.0 cm³/mol. The van der Waals surface area contributed by atoms with Gasteiger partial charge in [-0.2, -0.15) is 17.2 Å². The Morgan fingerprint density at radius 2 is 1.96 bits per heavy atom. The van der Waals surface area contributed by atoms with Gasteiger partial charge in [-0.1, -0.05) is 6.07 Å². The van der Waals surface area contributed by atoms with E-state index >= 15 is 0 Å². The number of carbonyl (C=O) groups excluding carboxylic acids is 3. The molecule has 1 aliphatic heterocycles. The Bertz CT molecular complexity index is 671. The Balaban J connectivity index is 0.00000364. The van der Waals surface area contributed by atoms with Crippen LogP contribution in [-0.2, 0) is 20.9 Å². The van der Waals surface area contributed by atoms with E-state index in [1.54, 1.807) is 49.9 Å². The molecular weight excluding hydrogens is 392 g/mol. The maximum absolute atomic E-state index is 12.5. The molecule has 10 heteroatoms. The van der Waals surface area contributed by atoms with Crippen LogP contribution in [0.15, 0.2) is 30.6 Å². The van der Waals surface area contributed by atoms with Crippen LogP contribution in [-0.4, -0.2) is 46.2 Å². The molecule has 1 fully saturated rings. The third-order valence-electron chi connectivity index (χ3n) is 3.75. The smallest absolute Gasteiger partial charge is 0.412 e. The number of hydrogen-bond donors (Lipinski definition) is 3. The van der Waals surface area contributed by atoms with Crippen LogP contribution in [0.2, 0.25) is 0 Å². The molecule has 150 valence electrons. The highest BCUT2D eigenvalue weighted by Gasteiger charge is 2.49. The minimum Gasteiger partial charge on any atom is -1.00 e. The number of halogens is 1. The Morgan fingerprint density at radius 1 is 1.33 bits per heavy atom. The number of hydrogen-bond acceptors (Lipinski definition) is 6. The Hall–Kier alpha value is -1.84. The second-order valence-electron chi connectivity index (χ2n) is 7.21. The summed E-state index contributed by atoms with van der Waals surface area (Å²) in [6.45, 7) is 5.53. The van der Waals surface area contributed by atoms with Gasteiger partial charge in [-0.3, -0.25) is 19.9 Å². The van der Waals surface area contributed by atoms with Gasteiger partial charge in [-0.25, -0.2) is 10.2 Å². The van der Waals surface area contributed by atoms with Gasteiger partial charge in [0.1, 0.15) is 5.60 Å². The zero-order valence-corrected chi connectivity index (χ0v) is 17.2. The second-order valence-corrected chi connectivity index (χ2v) is 7.94. The van der Waals surface area contributed by atoms with Crippen molar-refractivity contribution in [3.8, 4) is 0 Å². The van der Waals surface area contributed by atoms with E-state index < -0.39 is 17.4 Å². The molecule has 0 bridgehead atoms. The lowest BCUT2D eigenvalue weighted by Crippen LogP contribution is -3.00. The molecule has 2 atom stereocenters.